The Morgan fingerprint density at radius 2 is 2.00 bits per heavy atom. The third kappa shape index (κ3) is 5.54. The number of benzene rings is 1. The number of amides is 1. The third-order valence-electron chi connectivity index (χ3n) is 4.35. The SMILES string of the molecule is CCSCCC(=O)N1CCCC[C@@H]1c1ccc(CN(C)C)cc1. The van der Waals surface area contributed by atoms with Crippen LogP contribution in [0.1, 0.15) is 49.8 Å². The minimum Gasteiger partial charge on any atom is -0.336 e. The van der Waals surface area contributed by atoms with Crippen molar-refractivity contribution in [1.82, 2.24) is 9.80 Å². The average molecular weight is 335 g/mol. The van der Waals surface area contributed by atoms with Crippen LogP contribution in [-0.2, 0) is 11.3 Å². The van der Waals surface area contributed by atoms with Crippen LogP contribution in [0.2, 0.25) is 0 Å². The lowest BCUT2D eigenvalue weighted by Gasteiger charge is -2.36. The van der Waals surface area contributed by atoms with Crippen molar-refractivity contribution in [3.05, 3.63) is 35.4 Å². The number of nitrogens with zero attached hydrogens (tertiary/aromatic N) is 2. The zero-order chi connectivity index (χ0) is 16.7. The highest BCUT2D eigenvalue weighted by Crippen LogP contribution is 2.31. The lowest BCUT2D eigenvalue weighted by Crippen LogP contribution is -2.38. The second-order valence-electron chi connectivity index (χ2n) is 6.53. The molecule has 0 radical (unpaired) electrons. The van der Waals surface area contributed by atoms with Crippen LogP contribution >= 0.6 is 11.8 Å². The van der Waals surface area contributed by atoms with Crippen LogP contribution < -0.4 is 0 Å². The van der Waals surface area contributed by atoms with Crippen LogP contribution in [-0.4, -0.2) is 47.9 Å². The van der Waals surface area contributed by atoms with Gasteiger partial charge in [-0.3, -0.25) is 4.79 Å². The van der Waals surface area contributed by atoms with Gasteiger partial charge in [0.05, 0.1) is 6.04 Å². The molecule has 1 aliphatic heterocycles. The van der Waals surface area contributed by atoms with Gasteiger partial charge in [0.15, 0.2) is 0 Å². The summed E-state index contributed by atoms with van der Waals surface area (Å²) in [4.78, 5) is 16.9. The van der Waals surface area contributed by atoms with Gasteiger partial charge < -0.3 is 9.80 Å². The van der Waals surface area contributed by atoms with Crippen molar-refractivity contribution in [2.75, 3.05) is 32.1 Å². The van der Waals surface area contributed by atoms with Crippen LogP contribution in [0.15, 0.2) is 24.3 Å². The number of carbonyl (C=O) groups excluding carboxylic acids is 1. The minimum absolute atomic E-state index is 0.274. The summed E-state index contributed by atoms with van der Waals surface area (Å²) < 4.78 is 0. The van der Waals surface area contributed by atoms with Gasteiger partial charge in [-0.2, -0.15) is 11.8 Å². The Hall–Kier alpha value is -1.00. The highest BCUT2D eigenvalue weighted by atomic mass is 32.2. The van der Waals surface area contributed by atoms with E-state index in [2.05, 4.69) is 55.1 Å². The molecule has 3 nitrogen and oxygen atoms in total. The van der Waals surface area contributed by atoms with Gasteiger partial charge in [0.1, 0.15) is 0 Å². The number of hydrogen-bond donors (Lipinski definition) is 0. The fourth-order valence-corrected chi connectivity index (χ4v) is 3.84. The predicted octanol–water partition coefficient (Wildman–Crippen LogP) is 3.95. The molecule has 1 fully saturated rings. The van der Waals surface area contributed by atoms with E-state index in [-0.39, 0.29) is 6.04 Å². The lowest BCUT2D eigenvalue weighted by molar-refractivity contribution is -0.134. The van der Waals surface area contributed by atoms with Crippen molar-refractivity contribution in [2.24, 2.45) is 0 Å². The molecule has 1 atom stereocenters. The number of likely N-dealkylation sites (tertiary alicyclic amines) is 1. The summed E-state index contributed by atoms with van der Waals surface area (Å²) in [5.74, 6) is 2.36. The molecule has 0 saturated carbocycles. The first-order valence-electron chi connectivity index (χ1n) is 8.72. The topological polar surface area (TPSA) is 23.6 Å². The Morgan fingerprint density at radius 1 is 1.26 bits per heavy atom. The molecule has 1 aromatic carbocycles. The summed E-state index contributed by atoms with van der Waals surface area (Å²) in [6.07, 6.45) is 4.13. The number of piperidine rings is 1. The standard InChI is InChI=1S/C19H30N2OS/c1-4-23-14-12-19(22)21-13-6-5-7-18(21)17-10-8-16(9-11-17)15-20(2)3/h8-11,18H,4-7,12-15H2,1-3H3/t18-/m1/s1. The highest BCUT2D eigenvalue weighted by Gasteiger charge is 2.27. The molecular weight excluding hydrogens is 304 g/mol. The molecule has 128 valence electrons. The first kappa shape index (κ1) is 18.3. The summed E-state index contributed by atoms with van der Waals surface area (Å²) in [6.45, 7) is 4.02. The van der Waals surface area contributed by atoms with Crippen molar-refractivity contribution in [3.8, 4) is 0 Å². The van der Waals surface area contributed by atoms with Crippen LogP contribution in [0.3, 0.4) is 0 Å². The van der Waals surface area contributed by atoms with E-state index in [0.29, 0.717) is 12.3 Å². The molecule has 1 saturated heterocycles. The van der Waals surface area contributed by atoms with E-state index in [1.165, 1.54) is 17.5 Å². The van der Waals surface area contributed by atoms with E-state index in [1.807, 2.05) is 11.8 Å². The van der Waals surface area contributed by atoms with Gasteiger partial charge in [0.25, 0.3) is 0 Å². The third-order valence-corrected chi connectivity index (χ3v) is 5.25. The van der Waals surface area contributed by atoms with Crippen molar-refractivity contribution < 1.29 is 4.79 Å². The van der Waals surface area contributed by atoms with Crippen molar-refractivity contribution >= 4 is 17.7 Å². The Kier molecular flexibility index (Phi) is 7.44. The van der Waals surface area contributed by atoms with E-state index in [9.17, 15) is 4.79 Å². The molecule has 1 aliphatic rings. The zero-order valence-electron chi connectivity index (χ0n) is 14.8. The zero-order valence-corrected chi connectivity index (χ0v) is 15.6. The molecule has 1 amide bonds. The van der Waals surface area contributed by atoms with Gasteiger partial charge in [-0.15, -0.1) is 0 Å². The molecule has 0 unspecified atom stereocenters. The van der Waals surface area contributed by atoms with E-state index in [4.69, 9.17) is 0 Å². The quantitative estimate of drug-likeness (QED) is 0.706. The maximum absolute atomic E-state index is 12.6. The molecular formula is C19H30N2OS. The van der Waals surface area contributed by atoms with Crippen LogP contribution in [0.5, 0.6) is 0 Å². The monoisotopic (exact) mass is 334 g/mol. The summed E-state index contributed by atoms with van der Waals surface area (Å²) >= 11 is 1.85. The number of carbonyl (C=O) groups is 1. The second-order valence-corrected chi connectivity index (χ2v) is 7.92. The number of rotatable bonds is 7. The summed E-state index contributed by atoms with van der Waals surface area (Å²) in [5.41, 5.74) is 2.62. The second kappa shape index (κ2) is 9.33. The normalized spacial score (nSPS) is 18.4. The number of hydrogen-bond acceptors (Lipinski definition) is 3. The van der Waals surface area contributed by atoms with Crippen LogP contribution in [0.25, 0.3) is 0 Å². The maximum Gasteiger partial charge on any atom is 0.223 e. The molecule has 0 N–H and O–H groups in total. The fraction of sp³-hybridized carbons (Fsp3) is 0.632. The van der Waals surface area contributed by atoms with Crippen molar-refractivity contribution in [3.63, 3.8) is 0 Å². The summed E-state index contributed by atoms with van der Waals surface area (Å²) in [7, 11) is 4.17. The van der Waals surface area contributed by atoms with Gasteiger partial charge in [0, 0.05) is 25.3 Å². The maximum atomic E-state index is 12.6. The van der Waals surface area contributed by atoms with Gasteiger partial charge in [0.2, 0.25) is 5.91 Å². The molecule has 0 spiro atoms. The van der Waals surface area contributed by atoms with E-state index < -0.39 is 0 Å². The molecule has 0 aromatic heterocycles. The van der Waals surface area contributed by atoms with Crippen molar-refractivity contribution in [2.45, 2.75) is 45.2 Å². The molecule has 1 heterocycles. The van der Waals surface area contributed by atoms with Gasteiger partial charge >= 0.3 is 0 Å². The summed E-state index contributed by atoms with van der Waals surface area (Å²) in [6, 6.07) is 9.13. The predicted molar refractivity (Wildman–Crippen MR) is 99.8 cm³/mol. The van der Waals surface area contributed by atoms with E-state index in [1.54, 1.807) is 0 Å². The molecule has 23 heavy (non-hydrogen) atoms. The fourth-order valence-electron chi connectivity index (χ4n) is 3.23. The first-order chi connectivity index (χ1) is 11.1. The van der Waals surface area contributed by atoms with Gasteiger partial charge in [-0.25, -0.2) is 0 Å². The first-order valence-corrected chi connectivity index (χ1v) is 9.88. The van der Waals surface area contributed by atoms with Crippen LogP contribution in [0.4, 0.5) is 0 Å². The Morgan fingerprint density at radius 3 is 2.65 bits per heavy atom. The molecule has 0 aliphatic carbocycles. The molecule has 0 bridgehead atoms. The highest BCUT2D eigenvalue weighted by molar-refractivity contribution is 7.99. The molecule has 2 rings (SSSR count). The van der Waals surface area contributed by atoms with Gasteiger partial charge in [-0.05, 0) is 50.2 Å². The largest absolute Gasteiger partial charge is 0.336 e. The van der Waals surface area contributed by atoms with Crippen LogP contribution in [0, 0.1) is 0 Å². The summed E-state index contributed by atoms with van der Waals surface area (Å²) in [5, 5.41) is 0. The van der Waals surface area contributed by atoms with E-state index >= 15 is 0 Å². The minimum atomic E-state index is 0.274. The average Bonchev–Trinajstić information content (AvgIpc) is 2.55. The van der Waals surface area contributed by atoms with Gasteiger partial charge in [-0.1, -0.05) is 31.2 Å². The Balaban J connectivity index is 2.03. The smallest absolute Gasteiger partial charge is 0.223 e. The Bertz CT molecular complexity index is 487. The van der Waals surface area contributed by atoms with Crippen molar-refractivity contribution in [1.29, 1.82) is 0 Å². The number of thioether (sulfide) groups is 1. The Labute approximate surface area is 145 Å². The molecule has 4 heteroatoms. The lowest BCUT2D eigenvalue weighted by atomic mass is 9.94. The van der Waals surface area contributed by atoms with E-state index in [0.717, 1.165) is 37.4 Å². The molecule has 1 aromatic rings.